The molecule has 1 aliphatic rings. The minimum absolute atomic E-state index is 0.132. The molecule has 9 heteroatoms. The summed E-state index contributed by atoms with van der Waals surface area (Å²) in [6.07, 6.45) is -5.08. The van der Waals surface area contributed by atoms with Crippen molar-refractivity contribution in [1.29, 1.82) is 0 Å². The summed E-state index contributed by atoms with van der Waals surface area (Å²) in [5.41, 5.74) is 6.45. The molecule has 0 aliphatic carbocycles. The van der Waals surface area contributed by atoms with Crippen molar-refractivity contribution < 1.29 is 27.9 Å². The van der Waals surface area contributed by atoms with Crippen molar-refractivity contribution in [3.8, 4) is 0 Å². The number of hydrogen-bond donors (Lipinski definition) is 2. The third-order valence-electron chi connectivity index (χ3n) is 3.87. The lowest BCUT2D eigenvalue weighted by Gasteiger charge is -2.25. The Balaban J connectivity index is 0.000000321. The van der Waals surface area contributed by atoms with Crippen LogP contribution >= 0.6 is 0 Å². The van der Waals surface area contributed by atoms with E-state index in [9.17, 15) is 18.0 Å². The summed E-state index contributed by atoms with van der Waals surface area (Å²) in [5.74, 6) is -2.65. The summed E-state index contributed by atoms with van der Waals surface area (Å²) in [7, 11) is 1.65. The molecule has 27 heavy (non-hydrogen) atoms. The Bertz CT molecular complexity index is 813. The van der Waals surface area contributed by atoms with Crippen molar-refractivity contribution in [3.63, 3.8) is 0 Å². The van der Waals surface area contributed by atoms with Crippen LogP contribution in [0.25, 0.3) is 0 Å². The van der Waals surface area contributed by atoms with E-state index in [2.05, 4.69) is 4.99 Å². The molecule has 2 aromatic carbocycles. The maximum Gasteiger partial charge on any atom is 0.490 e. The highest BCUT2D eigenvalue weighted by molar-refractivity contribution is 6.08. The fourth-order valence-corrected chi connectivity index (χ4v) is 2.54. The van der Waals surface area contributed by atoms with Gasteiger partial charge < -0.3 is 10.8 Å². The summed E-state index contributed by atoms with van der Waals surface area (Å²) in [6.45, 7) is 0. The Morgan fingerprint density at radius 3 is 1.67 bits per heavy atom. The first-order chi connectivity index (χ1) is 12.6. The van der Waals surface area contributed by atoms with Crippen LogP contribution in [-0.2, 0) is 15.1 Å². The number of guanidine groups is 1. The number of rotatable bonds is 2. The zero-order chi connectivity index (χ0) is 20.2. The number of halogens is 3. The quantitative estimate of drug-likeness (QED) is 0.837. The Labute approximate surface area is 152 Å². The fraction of sp³-hybridized carbons (Fsp3) is 0.167. The second kappa shape index (κ2) is 7.48. The van der Waals surface area contributed by atoms with E-state index in [0.717, 1.165) is 11.1 Å². The number of carboxylic acid groups (broad SMARTS) is 1. The molecule has 0 spiro atoms. The standard InChI is InChI=1S/C16H15N3O.C2HF3O2/c1-19-14(20)16(18-15(19)17,12-8-4-2-5-9-12)13-10-6-3-7-11-13;3-2(4,5)1(6)7/h2-11H,1H3,(H2,17,18);(H,6,7). The summed E-state index contributed by atoms with van der Waals surface area (Å²) in [6, 6.07) is 19.0. The average Bonchev–Trinajstić information content (AvgIpc) is 2.88. The SMILES string of the molecule is CN1C(=O)C(c2ccccc2)(c2ccccc2)N=C1N.O=C(O)C(F)(F)F. The number of aliphatic carboxylic acids is 1. The van der Waals surface area contributed by atoms with Crippen LogP contribution in [0.2, 0.25) is 0 Å². The molecule has 142 valence electrons. The van der Waals surface area contributed by atoms with Crippen LogP contribution in [0.5, 0.6) is 0 Å². The number of benzene rings is 2. The molecule has 2 aromatic rings. The van der Waals surface area contributed by atoms with E-state index < -0.39 is 17.7 Å². The number of aliphatic imine (C=N–C) groups is 1. The van der Waals surface area contributed by atoms with Gasteiger partial charge in [-0.1, -0.05) is 60.7 Å². The van der Waals surface area contributed by atoms with Crippen molar-refractivity contribution in [2.75, 3.05) is 7.05 Å². The molecule has 0 saturated carbocycles. The zero-order valence-corrected chi connectivity index (χ0v) is 14.1. The number of nitrogens with two attached hydrogens (primary N) is 1. The molecule has 1 aliphatic heterocycles. The van der Waals surface area contributed by atoms with E-state index in [1.807, 2.05) is 60.7 Å². The highest BCUT2D eigenvalue weighted by Gasteiger charge is 2.49. The number of nitrogens with zero attached hydrogens (tertiary/aromatic N) is 2. The minimum atomic E-state index is -5.08. The molecule has 0 unspecified atom stereocenters. The lowest BCUT2D eigenvalue weighted by Crippen LogP contribution is -2.41. The first-order valence-electron chi connectivity index (χ1n) is 7.65. The van der Waals surface area contributed by atoms with Gasteiger partial charge in [-0.25, -0.2) is 9.79 Å². The second-order valence-corrected chi connectivity index (χ2v) is 5.58. The van der Waals surface area contributed by atoms with Crippen molar-refractivity contribution in [3.05, 3.63) is 71.8 Å². The molecular formula is C18H16F3N3O3. The monoisotopic (exact) mass is 379 g/mol. The van der Waals surface area contributed by atoms with Crippen molar-refractivity contribution in [2.45, 2.75) is 11.7 Å². The van der Waals surface area contributed by atoms with Crippen LogP contribution in [0.3, 0.4) is 0 Å². The normalized spacial score (nSPS) is 15.6. The molecule has 0 radical (unpaired) electrons. The molecule has 0 saturated heterocycles. The van der Waals surface area contributed by atoms with E-state index in [0.29, 0.717) is 0 Å². The van der Waals surface area contributed by atoms with Gasteiger partial charge in [-0.3, -0.25) is 9.69 Å². The van der Waals surface area contributed by atoms with Gasteiger partial charge in [-0.15, -0.1) is 0 Å². The number of likely N-dealkylation sites (N-methyl/N-ethyl adjacent to an activating group) is 1. The van der Waals surface area contributed by atoms with Crippen molar-refractivity contribution >= 4 is 17.8 Å². The lowest BCUT2D eigenvalue weighted by atomic mass is 9.83. The van der Waals surface area contributed by atoms with Crippen LogP contribution in [0.4, 0.5) is 13.2 Å². The van der Waals surface area contributed by atoms with Gasteiger partial charge in [-0.05, 0) is 11.1 Å². The van der Waals surface area contributed by atoms with Crippen molar-refractivity contribution in [1.82, 2.24) is 4.90 Å². The van der Waals surface area contributed by atoms with Gasteiger partial charge in [0.05, 0.1) is 0 Å². The maximum atomic E-state index is 12.8. The average molecular weight is 379 g/mol. The van der Waals surface area contributed by atoms with Gasteiger partial charge in [0.1, 0.15) is 0 Å². The zero-order valence-electron chi connectivity index (χ0n) is 14.1. The Morgan fingerprint density at radius 1 is 1.04 bits per heavy atom. The molecule has 0 fully saturated rings. The predicted molar refractivity (Wildman–Crippen MR) is 91.7 cm³/mol. The van der Waals surface area contributed by atoms with Crippen LogP contribution in [0, 0.1) is 0 Å². The van der Waals surface area contributed by atoms with Crippen LogP contribution in [0.1, 0.15) is 11.1 Å². The van der Waals surface area contributed by atoms with Crippen LogP contribution in [0.15, 0.2) is 65.7 Å². The van der Waals surface area contributed by atoms with Gasteiger partial charge in [0.15, 0.2) is 11.5 Å². The largest absolute Gasteiger partial charge is 0.490 e. The number of hydrogen-bond acceptors (Lipinski definition) is 4. The van der Waals surface area contributed by atoms with E-state index in [1.165, 1.54) is 4.90 Å². The Morgan fingerprint density at radius 2 is 1.41 bits per heavy atom. The highest BCUT2D eigenvalue weighted by Crippen LogP contribution is 2.38. The number of carbonyl (C=O) groups is 2. The molecule has 1 amide bonds. The predicted octanol–water partition coefficient (Wildman–Crippen LogP) is 2.35. The summed E-state index contributed by atoms with van der Waals surface area (Å²) >= 11 is 0. The number of alkyl halides is 3. The topological polar surface area (TPSA) is 96.0 Å². The van der Waals surface area contributed by atoms with Crippen LogP contribution in [-0.4, -0.2) is 41.1 Å². The number of carboxylic acids is 1. The third kappa shape index (κ3) is 3.91. The molecule has 0 bridgehead atoms. The van der Waals surface area contributed by atoms with Crippen LogP contribution < -0.4 is 5.73 Å². The summed E-state index contributed by atoms with van der Waals surface area (Å²) < 4.78 is 31.7. The molecular weight excluding hydrogens is 363 g/mol. The third-order valence-corrected chi connectivity index (χ3v) is 3.87. The first kappa shape index (κ1) is 20.0. The number of amides is 1. The second-order valence-electron chi connectivity index (χ2n) is 5.58. The highest BCUT2D eigenvalue weighted by atomic mass is 19.4. The molecule has 3 N–H and O–H groups in total. The van der Waals surface area contributed by atoms with Gasteiger partial charge in [0.25, 0.3) is 5.91 Å². The van der Waals surface area contributed by atoms with E-state index in [-0.39, 0.29) is 11.9 Å². The van der Waals surface area contributed by atoms with Gasteiger partial charge in [0.2, 0.25) is 0 Å². The first-order valence-corrected chi connectivity index (χ1v) is 7.65. The van der Waals surface area contributed by atoms with Gasteiger partial charge in [-0.2, -0.15) is 13.2 Å². The molecule has 0 atom stereocenters. The maximum absolute atomic E-state index is 12.8. The molecule has 6 nitrogen and oxygen atoms in total. The number of carbonyl (C=O) groups excluding carboxylic acids is 1. The Hall–Kier alpha value is -3.36. The molecule has 1 heterocycles. The van der Waals surface area contributed by atoms with Crippen molar-refractivity contribution in [2.24, 2.45) is 10.7 Å². The Kier molecular flexibility index (Phi) is 5.53. The van der Waals surface area contributed by atoms with E-state index in [4.69, 9.17) is 15.6 Å². The molecule has 3 rings (SSSR count). The fourth-order valence-electron chi connectivity index (χ4n) is 2.54. The van der Waals surface area contributed by atoms with E-state index >= 15 is 0 Å². The minimum Gasteiger partial charge on any atom is -0.475 e. The summed E-state index contributed by atoms with van der Waals surface area (Å²) in [4.78, 5) is 27.6. The molecule has 0 aromatic heterocycles. The van der Waals surface area contributed by atoms with E-state index in [1.54, 1.807) is 7.05 Å². The van der Waals surface area contributed by atoms with Gasteiger partial charge in [0, 0.05) is 7.05 Å². The lowest BCUT2D eigenvalue weighted by molar-refractivity contribution is -0.192. The smallest absolute Gasteiger partial charge is 0.475 e. The van der Waals surface area contributed by atoms with Gasteiger partial charge >= 0.3 is 12.1 Å². The summed E-state index contributed by atoms with van der Waals surface area (Å²) in [5, 5.41) is 7.12.